The van der Waals surface area contributed by atoms with Gasteiger partial charge in [-0.2, -0.15) is 0 Å². The zero-order valence-corrected chi connectivity index (χ0v) is 17.7. The van der Waals surface area contributed by atoms with E-state index in [1.807, 2.05) is 45.8 Å². The summed E-state index contributed by atoms with van der Waals surface area (Å²) >= 11 is 0. The lowest BCUT2D eigenvalue weighted by atomic mass is 9.96. The second-order valence-electron chi connectivity index (χ2n) is 8.14. The summed E-state index contributed by atoms with van der Waals surface area (Å²) in [7, 11) is 1.66. The SMILES string of the molecule is COc1ccccc1-c1cnc2ccc(NC[C@@H]3CCCN3C(=O)OC3CCC3)nn12. The van der Waals surface area contributed by atoms with Gasteiger partial charge >= 0.3 is 6.09 Å². The highest BCUT2D eigenvalue weighted by Crippen LogP contribution is 2.30. The number of nitrogens with zero attached hydrogens (tertiary/aromatic N) is 4. The van der Waals surface area contributed by atoms with Crippen molar-refractivity contribution in [2.45, 2.75) is 44.2 Å². The molecule has 1 N–H and O–H groups in total. The maximum Gasteiger partial charge on any atom is 0.410 e. The summed E-state index contributed by atoms with van der Waals surface area (Å²) in [6.45, 7) is 1.39. The monoisotopic (exact) mass is 421 g/mol. The maximum atomic E-state index is 12.5. The van der Waals surface area contributed by atoms with Gasteiger partial charge < -0.3 is 19.7 Å². The number of para-hydroxylation sites is 1. The van der Waals surface area contributed by atoms with Gasteiger partial charge in [0.25, 0.3) is 0 Å². The van der Waals surface area contributed by atoms with Gasteiger partial charge in [-0.3, -0.25) is 0 Å². The van der Waals surface area contributed by atoms with Crippen LogP contribution in [0.2, 0.25) is 0 Å². The van der Waals surface area contributed by atoms with Gasteiger partial charge in [-0.1, -0.05) is 12.1 Å². The van der Waals surface area contributed by atoms with E-state index in [1.165, 1.54) is 0 Å². The summed E-state index contributed by atoms with van der Waals surface area (Å²) in [4.78, 5) is 18.8. The number of nitrogens with one attached hydrogen (secondary N) is 1. The first-order valence-electron chi connectivity index (χ1n) is 10.9. The molecule has 2 fully saturated rings. The fourth-order valence-electron chi connectivity index (χ4n) is 4.22. The van der Waals surface area contributed by atoms with Gasteiger partial charge in [-0.25, -0.2) is 14.3 Å². The van der Waals surface area contributed by atoms with Gasteiger partial charge in [-0.05, 0) is 56.4 Å². The molecule has 2 aromatic heterocycles. The van der Waals surface area contributed by atoms with Crippen LogP contribution >= 0.6 is 0 Å². The minimum absolute atomic E-state index is 0.112. The van der Waals surface area contributed by atoms with Crippen LogP contribution in [0.4, 0.5) is 10.6 Å². The van der Waals surface area contributed by atoms with Crippen LogP contribution in [0.25, 0.3) is 16.9 Å². The third-order valence-corrected chi connectivity index (χ3v) is 6.20. The summed E-state index contributed by atoms with van der Waals surface area (Å²) < 4.78 is 12.9. The highest BCUT2D eigenvalue weighted by molar-refractivity contribution is 5.70. The number of methoxy groups -OCH3 is 1. The fourth-order valence-corrected chi connectivity index (χ4v) is 4.22. The van der Waals surface area contributed by atoms with Crippen molar-refractivity contribution in [2.75, 3.05) is 25.5 Å². The highest BCUT2D eigenvalue weighted by atomic mass is 16.6. The molecule has 1 atom stereocenters. The van der Waals surface area contributed by atoms with Gasteiger partial charge in [-0.15, -0.1) is 5.10 Å². The quantitative estimate of drug-likeness (QED) is 0.649. The van der Waals surface area contributed by atoms with Crippen molar-refractivity contribution < 1.29 is 14.3 Å². The first-order chi connectivity index (χ1) is 15.2. The van der Waals surface area contributed by atoms with E-state index >= 15 is 0 Å². The number of anilines is 1. The van der Waals surface area contributed by atoms with Crippen molar-refractivity contribution in [3.8, 4) is 17.0 Å². The van der Waals surface area contributed by atoms with Crippen LogP contribution < -0.4 is 10.1 Å². The molecule has 2 aliphatic rings. The van der Waals surface area contributed by atoms with Crippen molar-refractivity contribution in [1.82, 2.24) is 19.5 Å². The van der Waals surface area contributed by atoms with Crippen molar-refractivity contribution in [3.63, 3.8) is 0 Å². The predicted octanol–water partition coefficient (Wildman–Crippen LogP) is 3.97. The molecule has 0 radical (unpaired) electrons. The first kappa shape index (κ1) is 19.7. The molecule has 1 aromatic carbocycles. The van der Waals surface area contributed by atoms with Crippen LogP contribution in [0.5, 0.6) is 5.75 Å². The van der Waals surface area contributed by atoms with Gasteiger partial charge in [0.05, 0.1) is 25.0 Å². The third-order valence-electron chi connectivity index (χ3n) is 6.20. The number of aromatic nitrogens is 3. The molecule has 162 valence electrons. The molecule has 3 heterocycles. The average Bonchev–Trinajstić information content (AvgIpc) is 3.41. The Balaban J connectivity index is 1.31. The minimum Gasteiger partial charge on any atom is -0.496 e. The van der Waals surface area contributed by atoms with Crippen LogP contribution in [0, 0.1) is 0 Å². The van der Waals surface area contributed by atoms with Crippen molar-refractivity contribution in [3.05, 3.63) is 42.6 Å². The zero-order valence-electron chi connectivity index (χ0n) is 17.7. The molecule has 1 saturated carbocycles. The van der Waals surface area contributed by atoms with E-state index in [2.05, 4.69) is 10.3 Å². The molecule has 3 aromatic rings. The Morgan fingerprint density at radius 2 is 2.03 bits per heavy atom. The Hall–Kier alpha value is -3.29. The van der Waals surface area contributed by atoms with Crippen LogP contribution in [0.15, 0.2) is 42.6 Å². The number of likely N-dealkylation sites (tertiary alicyclic amines) is 1. The molecule has 1 saturated heterocycles. The number of carbonyl (C=O) groups is 1. The lowest BCUT2D eigenvalue weighted by molar-refractivity contribution is 0.0254. The van der Waals surface area contributed by atoms with Crippen LogP contribution in [0.3, 0.4) is 0 Å². The molecule has 31 heavy (non-hydrogen) atoms. The minimum atomic E-state index is -0.175. The Kier molecular flexibility index (Phi) is 5.36. The second-order valence-corrected chi connectivity index (χ2v) is 8.14. The standard InChI is InChI=1S/C23H27N5O3/c1-30-20-10-3-2-9-18(20)19-15-25-22-12-11-21(26-28(19)22)24-14-16-6-5-13-27(16)23(29)31-17-7-4-8-17/h2-3,9-12,15-17H,4-8,13-14H2,1H3,(H,24,26)/t16-/m0/s1. The number of fused-ring (bicyclic) bond motifs is 1. The van der Waals surface area contributed by atoms with E-state index in [0.29, 0.717) is 6.54 Å². The van der Waals surface area contributed by atoms with Gasteiger partial charge in [0, 0.05) is 18.7 Å². The molecule has 5 rings (SSSR count). The molecule has 1 aliphatic carbocycles. The smallest absolute Gasteiger partial charge is 0.410 e. The first-order valence-corrected chi connectivity index (χ1v) is 10.9. The van der Waals surface area contributed by atoms with E-state index in [9.17, 15) is 4.79 Å². The van der Waals surface area contributed by atoms with Crippen LogP contribution in [-0.2, 0) is 4.74 Å². The molecule has 0 unspecified atom stereocenters. The van der Waals surface area contributed by atoms with Gasteiger partial charge in [0.2, 0.25) is 0 Å². The number of carbonyl (C=O) groups excluding carboxylic acids is 1. The zero-order chi connectivity index (χ0) is 21.2. The normalized spacial score (nSPS) is 18.7. The van der Waals surface area contributed by atoms with E-state index < -0.39 is 0 Å². The van der Waals surface area contributed by atoms with E-state index in [-0.39, 0.29) is 18.2 Å². The molecule has 8 heteroatoms. The third kappa shape index (κ3) is 3.89. The Morgan fingerprint density at radius 1 is 1.16 bits per heavy atom. The molecular weight excluding hydrogens is 394 g/mol. The number of ether oxygens (including phenoxy) is 2. The fraction of sp³-hybridized carbons (Fsp3) is 0.435. The van der Waals surface area contributed by atoms with E-state index in [1.54, 1.807) is 13.3 Å². The Bertz CT molecular complexity index is 1080. The predicted molar refractivity (Wildman–Crippen MR) is 117 cm³/mol. The Morgan fingerprint density at radius 3 is 2.84 bits per heavy atom. The summed E-state index contributed by atoms with van der Waals surface area (Å²) in [5.74, 6) is 1.51. The molecule has 1 aliphatic heterocycles. The van der Waals surface area contributed by atoms with Crippen molar-refractivity contribution in [1.29, 1.82) is 0 Å². The largest absolute Gasteiger partial charge is 0.496 e. The topological polar surface area (TPSA) is 81.0 Å². The average molecular weight is 422 g/mol. The van der Waals surface area contributed by atoms with Crippen LogP contribution in [0.1, 0.15) is 32.1 Å². The number of benzene rings is 1. The number of hydrogen-bond acceptors (Lipinski definition) is 6. The van der Waals surface area contributed by atoms with Crippen molar-refractivity contribution in [2.24, 2.45) is 0 Å². The lowest BCUT2D eigenvalue weighted by Gasteiger charge is -2.30. The lowest BCUT2D eigenvalue weighted by Crippen LogP contribution is -2.42. The summed E-state index contributed by atoms with van der Waals surface area (Å²) in [6.07, 6.45) is 6.84. The van der Waals surface area contributed by atoms with E-state index in [0.717, 1.165) is 67.1 Å². The van der Waals surface area contributed by atoms with Crippen LogP contribution in [-0.4, -0.2) is 57.9 Å². The second kappa shape index (κ2) is 8.45. The summed E-state index contributed by atoms with van der Waals surface area (Å²) in [5, 5.41) is 8.14. The highest BCUT2D eigenvalue weighted by Gasteiger charge is 2.32. The van der Waals surface area contributed by atoms with E-state index in [4.69, 9.17) is 14.6 Å². The number of amides is 1. The maximum absolute atomic E-state index is 12.5. The van der Waals surface area contributed by atoms with Crippen molar-refractivity contribution >= 4 is 17.6 Å². The molecule has 0 bridgehead atoms. The number of rotatable bonds is 6. The number of hydrogen-bond donors (Lipinski definition) is 1. The molecule has 0 spiro atoms. The summed E-state index contributed by atoms with van der Waals surface area (Å²) in [5.41, 5.74) is 2.56. The Labute approximate surface area is 181 Å². The molecule has 8 nitrogen and oxygen atoms in total. The molecule has 1 amide bonds. The number of imidazole rings is 1. The van der Waals surface area contributed by atoms with Gasteiger partial charge in [0.15, 0.2) is 5.65 Å². The van der Waals surface area contributed by atoms with Gasteiger partial charge in [0.1, 0.15) is 17.7 Å². The summed E-state index contributed by atoms with van der Waals surface area (Å²) in [6, 6.07) is 11.8. The molecular formula is C23H27N5O3.